The van der Waals surface area contributed by atoms with Gasteiger partial charge in [0.05, 0.1) is 11.4 Å². The van der Waals surface area contributed by atoms with Crippen LogP contribution in [0.1, 0.15) is 37.9 Å². The third-order valence-corrected chi connectivity index (χ3v) is 4.84. The molecular formula is C18H22BrN5. The Hall–Kier alpha value is -1.95. The molecule has 1 atom stereocenters. The fraction of sp³-hybridized carbons (Fsp3) is 0.389. The Morgan fingerprint density at radius 3 is 2.50 bits per heavy atom. The maximum Gasteiger partial charge on any atom is 0.164 e. The van der Waals surface area contributed by atoms with Crippen LogP contribution in [0.2, 0.25) is 0 Å². The van der Waals surface area contributed by atoms with Gasteiger partial charge in [-0.2, -0.15) is 5.10 Å². The molecule has 3 rings (SSSR count). The van der Waals surface area contributed by atoms with Crippen molar-refractivity contribution in [3.05, 3.63) is 46.3 Å². The third-order valence-electron chi connectivity index (χ3n) is 4.28. The van der Waals surface area contributed by atoms with E-state index < -0.39 is 0 Å². The highest BCUT2D eigenvalue weighted by molar-refractivity contribution is 9.10. The van der Waals surface area contributed by atoms with Gasteiger partial charge in [-0.3, -0.25) is 0 Å². The molecule has 3 aromatic rings. The van der Waals surface area contributed by atoms with Gasteiger partial charge in [0.25, 0.3) is 0 Å². The van der Waals surface area contributed by atoms with E-state index in [4.69, 9.17) is 0 Å². The summed E-state index contributed by atoms with van der Waals surface area (Å²) in [6.07, 6.45) is 2.63. The first-order valence-corrected chi connectivity index (χ1v) is 8.99. The van der Waals surface area contributed by atoms with Gasteiger partial charge >= 0.3 is 0 Å². The van der Waals surface area contributed by atoms with Crippen LogP contribution >= 0.6 is 15.9 Å². The number of hydrogen-bond donors (Lipinski definition) is 1. The van der Waals surface area contributed by atoms with E-state index in [0.29, 0.717) is 5.92 Å². The minimum atomic E-state index is 0.168. The molecule has 0 aliphatic heterocycles. The highest BCUT2D eigenvalue weighted by Crippen LogP contribution is 2.32. The Morgan fingerprint density at radius 1 is 1.17 bits per heavy atom. The summed E-state index contributed by atoms with van der Waals surface area (Å²) >= 11 is 3.52. The molecule has 126 valence electrons. The lowest BCUT2D eigenvalue weighted by Gasteiger charge is -2.24. The molecule has 0 aliphatic carbocycles. The van der Waals surface area contributed by atoms with Crippen LogP contribution in [0.4, 0.5) is 5.82 Å². The summed E-state index contributed by atoms with van der Waals surface area (Å²) < 4.78 is 2.51. The van der Waals surface area contributed by atoms with E-state index in [1.807, 2.05) is 7.05 Å². The second kappa shape index (κ2) is 6.89. The fourth-order valence-electron chi connectivity index (χ4n) is 2.89. The molecule has 0 unspecified atom stereocenters. The number of aryl methyl sites for hydroxylation is 2. The van der Waals surface area contributed by atoms with E-state index in [2.05, 4.69) is 81.4 Å². The van der Waals surface area contributed by atoms with Crippen LogP contribution in [-0.2, 0) is 13.5 Å². The normalized spacial score (nSPS) is 12.8. The number of aromatic nitrogens is 4. The van der Waals surface area contributed by atoms with Crippen molar-refractivity contribution in [3.8, 4) is 0 Å². The monoisotopic (exact) mass is 387 g/mol. The SMILES string of the molecule is CCc1ccc([C@@H](Nc2ncnc3c2c(Br)nn3C)C(C)C)cc1. The predicted octanol–water partition coefficient (Wildman–Crippen LogP) is 4.50. The van der Waals surface area contributed by atoms with Gasteiger partial charge in [-0.15, -0.1) is 0 Å². The van der Waals surface area contributed by atoms with E-state index in [-0.39, 0.29) is 6.04 Å². The molecule has 0 spiro atoms. The number of rotatable bonds is 5. The number of nitrogens with one attached hydrogen (secondary N) is 1. The highest BCUT2D eigenvalue weighted by atomic mass is 79.9. The first-order valence-electron chi connectivity index (χ1n) is 8.19. The molecule has 2 aromatic heterocycles. The summed E-state index contributed by atoms with van der Waals surface area (Å²) in [6.45, 7) is 6.59. The van der Waals surface area contributed by atoms with Crippen LogP contribution < -0.4 is 5.32 Å². The third kappa shape index (κ3) is 3.15. The zero-order valence-electron chi connectivity index (χ0n) is 14.4. The fourth-order valence-corrected chi connectivity index (χ4v) is 3.50. The molecule has 5 nitrogen and oxygen atoms in total. The van der Waals surface area contributed by atoms with Crippen molar-refractivity contribution in [2.24, 2.45) is 13.0 Å². The Balaban J connectivity index is 1.99. The zero-order chi connectivity index (χ0) is 17.3. The maximum atomic E-state index is 4.46. The van der Waals surface area contributed by atoms with E-state index >= 15 is 0 Å². The van der Waals surface area contributed by atoms with Gasteiger partial charge in [-0.1, -0.05) is 45.0 Å². The molecule has 0 fully saturated rings. The molecule has 0 bridgehead atoms. The molecule has 0 aliphatic rings. The van der Waals surface area contributed by atoms with Crippen molar-refractivity contribution >= 4 is 32.8 Å². The van der Waals surface area contributed by atoms with E-state index in [1.165, 1.54) is 11.1 Å². The lowest BCUT2D eigenvalue weighted by molar-refractivity contribution is 0.545. The Morgan fingerprint density at radius 2 is 1.88 bits per heavy atom. The quantitative estimate of drug-likeness (QED) is 0.700. The van der Waals surface area contributed by atoms with Crippen LogP contribution in [0.5, 0.6) is 0 Å². The lowest BCUT2D eigenvalue weighted by Crippen LogP contribution is -2.18. The Labute approximate surface area is 150 Å². The van der Waals surface area contributed by atoms with Crippen molar-refractivity contribution in [1.82, 2.24) is 19.7 Å². The molecule has 0 radical (unpaired) electrons. The number of nitrogens with zero attached hydrogens (tertiary/aromatic N) is 4. The predicted molar refractivity (Wildman–Crippen MR) is 101 cm³/mol. The zero-order valence-corrected chi connectivity index (χ0v) is 16.0. The average Bonchev–Trinajstić information content (AvgIpc) is 2.88. The van der Waals surface area contributed by atoms with Crippen molar-refractivity contribution in [2.75, 3.05) is 5.32 Å². The van der Waals surface area contributed by atoms with Gasteiger partial charge in [0.15, 0.2) is 5.65 Å². The molecule has 2 heterocycles. The van der Waals surface area contributed by atoms with Crippen molar-refractivity contribution in [1.29, 1.82) is 0 Å². The van der Waals surface area contributed by atoms with E-state index in [9.17, 15) is 0 Å². The topological polar surface area (TPSA) is 55.6 Å². The van der Waals surface area contributed by atoms with Crippen LogP contribution in [0.15, 0.2) is 35.2 Å². The molecule has 0 amide bonds. The molecule has 1 N–H and O–H groups in total. The van der Waals surface area contributed by atoms with Gasteiger partial charge in [0.2, 0.25) is 0 Å². The van der Waals surface area contributed by atoms with Gasteiger partial charge in [0, 0.05) is 7.05 Å². The largest absolute Gasteiger partial charge is 0.362 e. The van der Waals surface area contributed by atoms with Crippen LogP contribution in [0, 0.1) is 5.92 Å². The minimum Gasteiger partial charge on any atom is -0.362 e. The Bertz CT molecular complexity index is 838. The summed E-state index contributed by atoms with van der Waals surface area (Å²) in [7, 11) is 1.88. The molecule has 0 saturated carbocycles. The van der Waals surface area contributed by atoms with Crippen molar-refractivity contribution in [2.45, 2.75) is 33.2 Å². The first-order chi connectivity index (χ1) is 11.5. The highest BCUT2D eigenvalue weighted by Gasteiger charge is 2.20. The van der Waals surface area contributed by atoms with E-state index in [1.54, 1.807) is 11.0 Å². The average molecular weight is 388 g/mol. The second-order valence-electron chi connectivity index (χ2n) is 6.30. The lowest BCUT2D eigenvalue weighted by atomic mass is 9.95. The number of hydrogen-bond acceptors (Lipinski definition) is 4. The Kier molecular flexibility index (Phi) is 4.85. The summed E-state index contributed by atoms with van der Waals surface area (Å²) in [5.41, 5.74) is 3.41. The second-order valence-corrected chi connectivity index (χ2v) is 7.05. The molecule has 6 heteroatoms. The standard InChI is InChI=1S/C18H22BrN5/c1-5-12-6-8-13(9-7-12)15(11(2)3)22-17-14-16(19)23-24(4)18(14)21-10-20-17/h6-11,15H,5H2,1-4H3,(H,20,21,22)/t15-/m0/s1. The van der Waals surface area contributed by atoms with Crippen molar-refractivity contribution in [3.63, 3.8) is 0 Å². The van der Waals surface area contributed by atoms with Crippen LogP contribution in [0.25, 0.3) is 11.0 Å². The smallest absolute Gasteiger partial charge is 0.164 e. The van der Waals surface area contributed by atoms with Crippen molar-refractivity contribution < 1.29 is 0 Å². The molecule has 0 saturated heterocycles. The summed E-state index contributed by atoms with van der Waals surface area (Å²) in [5, 5.41) is 8.90. The summed E-state index contributed by atoms with van der Waals surface area (Å²) in [5.74, 6) is 1.22. The maximum absolute atomic E-state index is 4.46. The number of halogens is 1. The summed E-state index contributed by atoms with van der Waals surface area (Å²) in [6, 6.07) is 8.96. The molecule has 1 aromatic carbocycles. The van der Waals surface area contributed by atoms with Gasteiger partial charge in [0.1, 0.15) is 16.7 Å². The van der Waals surface area contributed by atoms with Gasteiger partial charge < -0.3 is 5.32 Å². The number of fused-ring (bicyclic) bond motifs is 1. The minimum absolute atomic E-state index is 0.168. The van der Waals surface area contributed by atoms with Gasteiger partial charge in [-0.05, 0) is 39.4 Å². The van der Waals surface area contributed by atoms with Crippen LogP contribution in [-0.4, -0.2) is 19.7 Å². The van der Waals surface area contributed by atoms with Crippen LogP contribution in [0.3, 0.4) is 0 Å². The molecular weight excluding hydrogens is 366 g/mol. The number of anilines is 1. The first kappa shape index (κ1) is 16.9. The molecule has 24 heavy (non-hydrogen) atoms. The van der Waals surface area contributed by atoms with E-state index in [0.717, 1.165) is 27.9 Å². The van der Waals surface area contributed by atoms with Gasteiger partial charge in [-0.25, -0.2) is 14.6 Å². The number of benzene rings is 1. The summed E-state index contributed by atoms with van der Waals surface area (Å²) in [4.78, 5) is 8.79.